The topological polar surface area (TPSA) is 124 Å². The summed E-state index contributed by atoms with van der Waals surface area (Å²) in [5.74, 6) is 1.80. The molecule has 3 heterocycles. The molecule has 4 rings (SSSR count). The largest absolute Gasteiger partial charge is 0.488 e. The van der Waals surface area contributed by atoms with Crippen LogP contribution < -0.4 is 15.4 Å². The fourth-order valence-electron chi connectivity index (χ4n) is 3.00. The molecule has 3 aromatic rings. The third-order valence-corrected chi connectivity index (χ3v) is 4.65. The van der Waals surface area contributed by atoms with Crippen LogP contribution in [0.4, 0.5) is 11.6 Å². The molecule has 0 saturated heterocycles. The van der Waals surface area contributed by atoms with E-state index in [1.165, 1.54) is 12.4 Å². The lowest BCUT2D eigenvalue weighted by atomic mass is 9.89. The highest BCUT2D eigenvalue weighted by Crippen LogP contribution is 2.33. The van der Waals surface area contributed by atoms with Gasteiger partial charge in [-0.2, -0.15) is 10.4 Å². The number of H-pyrrole nitrogens is 1. The first kappa shape index (κ1) is 17.9. The fraction of sp³-hybridized carbons (Fsp3) is 0.316. The normalized spacial score (nSPS) is 18.2. The van der Waals surface area contributed by atoms with Crippen molar-refractivity contribution in [2.75, 3.05) is 12.4 Å². The Hall–Kier alpha value is -3.51. The van der Waals surface area contributed by atoms with E-state index in [9.17, 15) is 0 Å². The van der Waals surface area contributed by atoms with Crippen LogP contribution in [0.2, 0.25) is 0 Å². The number of ether oxygens (including phenoxy) is 1. The third kappa shape index (κ3) is 3.77. The average molecular weight is 376 g/mol. The lowest BCUT2D eigenvalue weighted by Crippen LogP contribution is -2.45. The summed E-state index contributed by atoms with van der Waals surface area (Å²) in [4.78, 5) is 12.8. The first-order valence-electron chi connectivity index (χ1n) is 9.01. The van der Waals surface area contributed by atoms with Gasteiger partial charge in [0.15, 0.2) is 11.5 Å². The minimum Gasteiger partial charge on any atom is -0.488 e. The van der Waals surface area contributed by atoms with Crippen molar-refractivity contribution in [1.29, 1.82) is 5.26 Å². The van der Waals surface area contributed by atoms with E-state index in [0.717, 1.165) is 35.7 Å². The average Bonchev–Trinajstić information content (AvgIpc) is 3.14. The van der Waals surface area contributed by atoms with E-state index < -0.39 is 0 Å². The monoisotopic (exact) mass is 376 g/mol. The highest BCUT2D eigenvalue weighted by molar-refractivity contribution is 5.67. The molecule has 28 heavy (non-hydrogen) atoms. The van der Waals surface area contributed by atoms with Gasteiger partial charge in [-0.05, 0) is 38.9 Å². The molecule has 142 valence electrons. The predicted molar refractivity (Wildman–Crippen MR) is 103 cm³/mol. The lowest BCUT2D eigenvalue weighted by Gasteiger charge is -2.35. The summed E-state index contributed by atoms with van der Waals surface area (Å²) in [6.45, 7) is 1.94. The zero-order valence-electron chi connectivity index (χ0n) is 15.6. The molecule has 0 amide bonds. The van der Waals surface area contributed by atoms with Crippen molar-refractivity contribution in [2.24, 2.45) is 0 Å². The van der Waals surface area contributed by atoms with Crippen LogP contribution in [0, 0.1) is 18.3 Å². The first-order valence-corrected chi connectivity index (χ1v) is 9.01. The van der Waals surface area contributed by atoms with E-state index in [1.807, 2.05) is 38.2 Å². The molecule has 9 nitrogen and oxygen atoms in total. The number of hydrogen-bond acceptors (Lipinski definition) is 8. The summed E-state index contributed by atoms with van der Waals surface area (Å²) in [6.07, 6.45) is 5.05. The van der Waals surface area contributed by atoms with Crippen LogP contribution in [0.15, 0.2) is 30.6 Å². The Balaban J connectivity index is 1.52. The van der Waals surface area contributed by atoms with Gasteiger partial charge in [0.2, 0.25) is 0 Å². The van der Waals surface area contributed by atoms with Gasteiger partial charge in [0.05, 0.1) is 18.1 Å². The molecule has 9 heteroatoms. The Labute approximate surface area is 162 Å². The fourth-order valence-corrected chi connectivity index (χ4v) is 3.00. The summed E-state index contributed by atoms with van der Waals surface area (Å²) in [5.41, 5.74) is 2.62. The molecule has 1 aliphatic rings. The summed E-state index contributed by atoms with van der Waals surface area (Å²) in [5, 5.41) is 22.4. The third-order valence-electron chi connectivity index (χ3n) is 4.65. The predicted octanol–water partition coefficient (Wildman–Crippen LogP) is 2.31. The second kappa shape index (κ2) is 7.62. The van der Waals surface area contributed by atoms with E-state index in [0.29, 0.717) is 17.7 Å². The number of pyridine rings is 1. The summed E-state index contributed by atoms with van der Waals surface area (Å²) >= 11 is 0. The van der Waals surface area contributed by atoms with Gasteiger partial charge in [-0.1, -0.05) is 0 Å². The number of nitriles is 1. The smallest absolute Gasteiger partial charge is 0.158 e. The van der Waals surface area contributed by atoms with Gasteiger partial charge < -0.3 is 15.4 Å². The SMILES string of the molecule is CN[C@H]1C[C@H](Oc2ccc(C)nc2-c2cc(Nc3cnc(C#N)cn3)n[nH]2)C1. The number of anilines is 2. The van der Waals surface area contributed by atoms with Crippen molar-refractivity contribution < 1.29 is 4.74 Å². The van der Waals surface area contributed by atoms with E-state index in [2.05, 4.69) is 35.8 Å². The lowest BCUT2D eigenvalue weighted by molar-refractivity contribution is 0.0887. The van der Waals surface area contributed by atoms with Crippen molar-refractivity contribution in [1.82, 2.24) is 30.5 Å². The maximum atomic E-state index is 8.80. The number of aromatic amines is 1. The Morgan fingerprint density at radius 1 is 1.21 bits per heavy atom. The van der Waals surface area contributed by atoms with Crippen molar-refractivity contribution in [3.05, 3.63) is 42.0 Å². The molecule has 0 aliphatic heterocycles. The van der Waals surface area contributed by atoms with Gasteiger partial charge in [0.1, 0.15) is 29.4 Å². The van der Waals surface area contributed by atoms with Crippen molar-refractivity contribution in [3.63, 3.8) is 0 Å². The van der Waals surface area contributed by atoms with Crippen LogP contribution in [-0.2, 0) is 0 Å². The maximum absolute atomic E-state index is 8.80. The quantitative estimate of drug-likeness (QED) is 0.599. The van der Waals surface area contributed by atoms with E-state index in [4.69, 9.17) is 10.00 Å². The molecular formula is C19H20N8O. The maximum Gasteiger partial charge on any atom is 0.158 e. The Bertz CT molecular complexity index is 1000. The molecule has 1 aliphatic carbocycles. The van der Waals surface area contributed by atoms with Gasteiger partial charge in [0, 0.05) is 17.8 Å². The van der Waals surface area contributed by atoms with Crippen molar-refractivity contribution in [2.45, 2.75) is 31.9 Å². The Kier molecular flexibility index (Phi) is 4.87. The molecule has 3 aromatic heterocycles. The molecule has 0 aromatic carbocycles. The van der Waals surface area contributed by atoms with Crippen LogP contribution >= 0.6 is 0 Å². The second-order valence-corrected chi connectivity index (χ2v) is 6.69. The number of rotatable bonds is 6. The highest BCUT2D eigenvalue weighted by atomic mass is 16.5. The van der Waals surface area contributed by atoms with Gasteiger partial charge in [-0.3, -0.25) is 5.10 Å². The van der Waals surface area contributed by atoms with Gasteiger partial charge in [0.25, 0.3) is 0 Å². The number of hydrogen-bond donors (Lipinski definition) is 3. The van der Waals surface area contributed by atoms with Gasteiger partial charge in [-0.25, -0.2) is 15.0 Å². The molecule has 1 fully saturated rings. The van der Waals surface area contributed by atoms with E-state index >= 15 is 0 Å². The highest BCUT2D eigenvalue weighted by Gasteiger charge is 2.30. The molecule has 0 unspecified atom stereocenters. The Morgan fingerprint density at radius 3 is 2.79 bits per heavy atom. The summed E-state index contributed by atoms with van der Waals surface area (Å²) < 4.78 is 6.15. The van der Waals surface area contributed by atoms with Crippen LogP contribution in [0.3, 0.4) is 0 Å². The first-order chi connectivity index (χ1) is 13.6. The number of nitrogens with one attached hydrogen (secondary N) is 3. The molecule has 0 spiro atoms. The standard InChI is InChI=1S/C19H20N8O/c1-11-3-4-16(28-14-5-12(6-14)21-2)19(24-11)15-7-17(27-26-15)25-18-10-22-13(8-20)9-23-18/h3-4,7,9-10,12,14,21H,5-6H2,1-2H3,(H2,23,25,26,27)/t12-,14-. The van der Waals surface area contributed by atoms with Gasteiger partial charge >= 0.3 is 0 Å². The van der Waals surface area contributed by atoms with Gasteiger partial charge in [-0.15, -0.1) is 0 Å². The minimum atomic E-state index is 0.190. The second-order valence-electron chi connectivity index (χ2n) is 6.69. The summed E-state index contributed by atoms with van der Waals surface area (Å²) in [7, 11) is 1.97. The van der Waals surface area contributed by atoms with Crippen LogP contribution in [0.1, 0.15) is 24.2 Å². The molecule has 0 bridgehead atoms. The molecule has 3 N–H and O–H groups in total. The number of nitrogens with zero attached hydrogens (tertiary/aromatic N) is 5. The summed E-state index contributed by atoms with van der Waals surface area (Å²) in [6, 6.07) is 8.18. The molecule has 1 saturated carbocycles. The van der Waals surface area contributed by atoms with Crippen LogP contribution in [-0.4, -0.2) is 44.3 Å². The molecular weight excluding hydrogens is 356 g/mol. The van der Waals surface area contributed by atoms with Crippen LogP contribution in [0.25, 0.3) is 11.4 Å². The zero-order chi connectivity index (χ0) is 19.5. The number of aromatic nitrogens is 5. The number of aryl methyl sites for hydroxylation is 1. The zero-order valence-corrected chi connectivity index (χ0v) is 15.6. The Morgan fingerprint density at radius 2 is 2.07 bits per heavy atom. The van der Waals surface area contributed by atoms with E-state index in [-0.39, 0.29) is 11.8 Å². The van der Waals surface area contributed by atoms with Crippen LogP contribution in [0.5, 0.6) is 5.75 Å². The van der Waals surface area contributed by atoms with Crippen molar-refractivity contribution >= 4 is 11.6 Å². The van der Waals surface area contributed by atoms with Crippen molar-refractivity contribution in [3.8, 4) is 23.2 Å². The molecule has 0 atom stereocenters. The molecule has 0 radical (unpaired) electrons. The van der Waals surface area contributed by atoms with E-state index in [1.54, 1.807) is 0 Å². The minimum absolute atomic E-state index is 0.190.